The van der Waals surface area contributed by atoms with Crippen molar-refractivity contribution in [1.82, 2.24) is 4.98 Å². The summed E-state index contributed by atoms with van der Waals surface area (Å²) in [5.74, 6) is -0.235. The Morgan fingerprint density at radius 2 is 1.78 bits per heavy atom. The minimum Gasteiger partial charge on any atom is -0.385 e. The molecule has 0 spiro atoms. The number of pyridine rings is 1. The maximum absolute atomic E-state index is 12.8. The average Bonchev–Trinajstić information content (AvgIpc) is 2.40. The molecule has 0 saturated heterocycles. The lowest BCUT2D eigenvalue weighted by Crippen LogP contribution is -2.15. The number of benzene rings is 1. The topological polar surface area (TPSA) is 50.9 Å². The molecule has 1 atom stereocenters. The molecule has 18 heavy (non-hydrogen) atoms. The predicted molar refractivity (Wildman–Crippen MR) is 70.7 cm³/mol. The van der Waals surface area contributed by atoms with Gasteiger partial charge < -0.3 is 11.1 Å². The van der Waals surface area contributed by atoms with Crippen molar-refractivity contribution in [2.45, 2.75) is 12.5 Å². The summed E-state index contributed by atoms with van der Waals surface area (Å²) in [6.07, 6.45) is 4.26. The summed E-state index contributed by atoms with van der Waals surface area (Å²) >= 11 is 0. The van der Waals surface area contributed by atoms with Crippen LogP contribution in [0.1, 0.15) is 18.0 Å². The second-order valence-corrected chi connectivity index (χ2v) is 4.11. The molecular weight excluding hydrogens is 229 g/mol. The molecule has 2 rings (SSSR count). The van der Waals surface area contributed by atoms with E-state index < -0.39 is 0 Å². The summed E-state index contributed by atoms with van der Waals surface area (Å²) in [4.78, 5) is 3.94. The molecule has 3 N–H and O–H groups in total. The molecule has 1 heterocycles. The number of nitrogens with two attached hydrogens (primary N) is 1. The van der Waals surface area contributed by atoms with Crippen LogP contribution in [-0.4, -0.2) is 11.5 Å². The summed E-state index contributed by atoms with van der Waals surface area (Å²) in [7, 11) is 0. The molecule has 2 aromatic rings. The lowest BCUT2D eigenvalue weighted by atomic mass is 10.0. The zero-order valence-electron chi connectivity index (χ0n) is 10.0. The second kappa shape index (κ2) is 6.12. The first-order valence-corrected chi connectivity index (χ1v) is 5.90. The Labute approximate surface area is 106 Å². The van der Waals surface area contributed by atoms with E-state index in [1.165, 1.54) is 12.1 Å². The standard InChI is InChI=1S/C14H16FN3/c15-12-3-1-11(2-4-12)14(16)7-10-18-13-5-8-17-9-6-13/h1-6,8-9,14H,7,10,16H2,(H,17,18). The zero-order chi connectivity index (χ0) is 12.8. The number of hydrogen-bond acceptors (Lipinski definition) is 3. The first-order valence-electron chi connectivity index (χ1n) is 5.90. The maximum atomic E-state index is 12.8. The van der Waals surface area contributed by atoms with Crippen LogP contribution >= 0.6 is 0 Å². The van der Waals surface area contributed by atoms with Crippen LogP contribution in [0.3, 0.4) is 0 Å². The normalized spacial score (nSPS) is 12.1. The van der Waals surface area contributed by atoms with Crippen LogP contribution in [0.15, 0.2) is 48.8 Å². The lowest BCUT2D eigenvalue weighted by molar-refractivity contribution is 0.622. The summed E-state index contributed by atoms with van der Waals surface area (Å²) in [5.41, 5.74) is 8.01. The number of rotatable bonds is 5. The molecule has 3 nitrogen and oxygen atoms in total. The fourth-order valence-corrected chi connectivity index (χ4v) is 1.72. The van der Waals surface area contributed by atoms with Crippen molar-refractivity contribution in [3.05, 3.63) is 60.2 Å². The first kappa shape index (κ1) is 12.5. The minimum absolute atomic E-state index is 0.0834. The van der Waals surface area contributed by atoms with Gasteiger partial charge in [-0.25, -0.2) is 4.39 Å². The molecule has 0 radical (unpaired) electrons. The Morgan fingerprint density at radius 1 is 1.11 bits per heavy atom. The van der Waals surface area contributed by atoms with Crippen LogP contribution in [0.5, 0.6) is 0 Å². The molecular formula is C14H16FN3. The third kappa shape index (κ3) is 3.53. The molecule has 0 aliphatic rings. The van der Waals surface area contributed by atoms with E-state index in [2.05, 4.69) is 10.3 Å². The molecule has 4 heteroatoms. The van der Waals surface area contributed by atoms with Crippen molar-refractivity contribution in [3.8, 4) is 0 Å². The Morgan fingerprint density at radius 3 is 2.44 bits per heavy atom. The molecule has 0 saturated carbocycles. The molecule has 1 aromatic carbocycles. The van der Waals surface area contributed by atoms with Crippen LogP contribution < -0.4 is 11.1 Å². The highest BCUT2D eigenvalue weighted by Crippen LogP contribution is 2.14. The molecule has 0 amide bonds. The van der Waals surface area contributed by atoms with E-state index in [1.807, 2.05) is 12.1 Å². The molecule has 1 aromatic heterocycles. The summed E-state index contributed by atoms with van der Waals surface area (Å²) in [6.45, 7) is 0.766. The van der Waals surface area contributed by atoms with Crippen LogP contribution in [0.2, 0.25) is 0 Å². The first-order chi connectivity index (χ1) is 8.75. The SMILES string of the molecule is NC(CCNc1ccncc1)c1ccc(F)cc1. The van der Waals surface area contributed by atoms with Crippen LogP contribution in [-0.2, 0) is 0 Å². The van der Waals surface area contributed by atoms with E-state index in [0.29, 0.717) is 0 Å². The van der Waals surface area contributed by atoms with Gasteiger partial charge in [0.05, 0.1) is 0 Å². The Hall–Kier alpha value is -1.94. The predicted octanol–water partition coefficient (Wildman–Crippen LogP) is 2.72. The van der Waals surface area contributed by atoms with E-state index in [1.54, 1.807) is 24.5 Å². The average molecular weight is 245 g/mol. The smallest absolute Gasteiger partial charge is 0.123 e. The van der Waals surface area contributed by atoms with Crippen LogP contribution in [0.4, 0.5) is 10.1 Å². The maximum Gasteiger partial charge on any atom is 0.123 e. The van der Waals surface area contributed by atoms with Gasteiger partial charge in [-0.15, -0.1) is 0 Å². The fraction of sp³-hybridized carbons (Fsp3) is 0.214. The highest BCUT2D eigenvalue weighted by atomic mass is 19.1. The van der Waals surface area contributed by atoms with E-state index in [4.69, 9.17) is 5.73 Å². The number of nitrogens with one attached hydrogen (secondary N) is 1. The summed E-state index contributed by atoms with van der Waals surface area (Å²) in [5, 5.41) is 3.26. The number of hydrogen-bond donors (Lipinski definition) is 2. The monoisotopic (exact) mass is 245 g/mol. The van der Waals surface area contributed by atoms with Crippen molar-refractivity contribution >= 4 is 5.69 Å². The Balaban J connectivity index is 1.81. The van der Waals surface area contributed by atoms with Gasteiger partial charge in [0.15, 0.2) is 0 Å². The largest absolute Gasteiger partial charge is 0.385 e. The minimum atomic E-state index is -0.235. The number of nitrogens with zero attached hydrogens (tertiary/aromatic N) is 1. The fourth-order valence-electron chi connectivity index (χ4n) is 1.72. The summed E-state index contributed by atoms with van der Waals surface area (Å²) < 4.78 is 12.8. The Bertz CT molecular complexity index is 470. The van der Waals surface area contributed by atoms with E-state index in [0.717, 1.165) is 24.2 Å². The Kier molecular flexibility index (Phi) is 4.25. The van der Waals surface area contributed by atoms with Crippen molar-refractivity contribution < 1.29 is 4.39 Å². The molecule has 0 fully saturated rings. The van der Waals surface area contributed by atoms with Gasteiger partial charge in [-0.3, -0.25) is 4.98 Å². The highest BCUT2D eigenvalue weighted by molar-refractivity contribution is 5.40. The van der Waals surface area contributed by atoms with Gasteiger partial charge in [0, 0.05) is 30.7 Å². The number of aromatic nitrogens is 1. The third-order valence-corrected chi connectivity index (χ3v) is 2.76. The quantitative estimate of drug-likeness (QED) is 0.851. The molecule has 1 unspecified atom stereocenters. The van der Waals surface area contributed by atoms with E-state index in [9.17, 15) is 4.39 Å². The van der Waals surface area contributed by atoms with Gasteiger partial charge in [-0.2, -0.15) is 0 Å². The highest BCUT2D eigenvalue weighted by Gasteiger charge is 2.05. The van der Waals surface area contributed by atoms with Crippen molar-refractivity contribution in [1.29, 1.82) is 0 Å². The molecule has 0 aliphatic carbocycles. The van der Waals surface area contributed by atoms with Crippen molar-refractivity contribution in [2.24, 2.45) is 5.73 Å². The van der Waals surface area contributed by atoms with Crippen molar-refractivity contribution in [2.75, 3.05) is 11.9 Å². The molecule has 94 valence electrons. The zero-order valence-corrected chi connectivity index (χ0v) is 10.0. The van der Waals surface area contributed by atoms with Gasteiger partial charge >= 0.3 is 0 Å². The van der Waals surface area contributed by atoms with Crippen LogP contribution in [0.25, 0.3) is 0 Å². The number of anilines is 1. The van der Waals surface area contributed by atoms with Crippen molar-refractivity contribution in [3.63, 3.8) is 0 Å². The third-order valence-electron chi connectivity index (χ3n) is 2.76. The van der Waals surface area contributed by atoms with E-state index in [-0.39, 0.29) is 11.9 Å². The van der Waals surface area contributed by atoms with E-state index >= 15 is 0 Å². The van der Waals surface area contributed by atoms with Gasteiger partial charge in [0.1, 0.15) is 5.82 Å². The van der Waals surface area contributed by atoms with Gasteiger partial charge in [-0.1, -0.05) is 12.1 Å². The van der Waals surface area contributed by atoms with Gasteiger partial charge in [-0.05, 0) is 36.2 Å². The second-order valence-electron chi connectivity index (χ2n) is 4.11. The van der Waals surface area contributed by atoms with Gasteiger partial charge in [0.25, 0.3) is 0 Å². The lowest BCUT2D eigenvalue weighted by Gasteiger charge is -2.13. The molecule has 0 aliphatic heterocycles. The van der Waals surface area contributed by atoms with Gasteiger partial charge in [0.2, 0.25) is 0 Å². The summed E-state index contributed by atoms with van der Waals surface area (Å²) in [6, 6.07) is 10.1. The molecule has 0 bridgehead atoms. The van der Waals surface area contributed by atoms with Crippen LogP contribution in [0, 0.1) is 5.82 Å². The number of halogens is 1.